The number of piperidine rings is 1. The van der Waals surface area contributed by atoms with Gasteiger partial charge in [0, 0.05) is 19.1 Å². The van der Waals surface area contributed by atoms with Crippen molar-refractivity contribution in [3.63, 3.8) is 0 Å². The zero-order valence-corrected chi connectivity index (χ0v) is 15.1. The second-order valence-corrected chi connectivity index (χ2v) is 6.93. The van der Waals surface area contributed by atoms with Crippen molar-refractivity contribution in [3.8, 4) is 11.4 Å². The van der Waals surface area contributed by atoms with Crippen molar-refractivity contribution < 1.29 is 9.90 Å². The highest BCUT2D eigenvalue weighted by molar-refractivity contribution is 5.95. The number of likely N-dealkylation sites (N-methyl/N-ethyl adjacent to an activating group) is 1. The van der Waals surface area contributed by atoms with Gasteiger partial charge in [0.2, 0.25) is 0 Å². The summed E-state index contributed by atoms with van der Waals surface area (Å²) >= 11 is 0. The minimum Gasteiger partial charge on any atom is -0.504 e. The predicted molar refractivity (Wildman–Crippen MR) is 97.3 cm³/mol. The number of carbonyl (C=O) groups excluding carboxylic acids is 1. The molecular formula is C19H26N4O2. The fourth-order valence-corrected chi connectivity index (χ4v) is 3.21. The van der Waals surface area contributed by atoms with E-state index in [0.717, 1.165) is 18.5 Å². The molecule has 0 aliphatic carbocycles. The number of likely N-dealkylation sites (tertiary alicyclic amines) is 1. The van der Waals surface area contributed by atoms with Crippen LogP contribution < -0.4 is 5.32 Å². The minimum absolute atomic E-state index is 0.0792. The molecule has 1 unspecified atom stereocenters. The molecule has 1 saturated heterocycles. The highest BCUT2D eigenvalue weighted by Gasteiger charge is 2.27. The molecule has 0 saturated carbocycles. The fourth-order valence-electron chi connectivity index (χ4n) is 3.21. The molecule has 1 aromatic heterocycles. The van der Waals surface area contributed by atoms with Gasteiger partial charge in [-0.25, -0.2) is 4.68 Å². The molecule has 2 heterocycles. The summed E-state index contributed by atoms with van der Waals surface area (Å²) < 4.78 is 1.56. The van der Waals surface area contributed by atoms with Gasteiger partial charge >= 0.3 is 0 Å². The zero-order chi connectivity index (χ0) is 18.0. The van der Waals surface area contributed by atoms with Gasteiger partial charge in [-0.15, -0.1) is 0 Å². The molecule has 25 heavy (non-hydrogen) atoms. The van der Waals surface area contributed by atoms with Crippen LogP contribution >= 0.6 is 0 Å². The third kappa shape index (κ3) is 3.69. The molecule has 6 heteroatoms. The zero-order valence-electron chi connectivity index (χ0n) is 15.1. The van der Waals surface area contributed by atoms with Crippen molar-refractivity contribution >= 4 is 5.91 Å². The summed E-state index contributed by atoms with van der Waals surface area (Å²) in [6.07, 6.45) is 3.51. The van der Waals surface area contributed by atoms with Crippen LogP contribution in [-0.4, -0.2) is 51.9 Å². The summed E-state index contributed by atoms with van der Waals surface area (Å²) in [5.74, 6) is 0.163. The summed E-state index contributed by atoms with van der Waals surface area (Å²) in [6.45, 7) is 5.63. The number of nitrogens with zero attached hydrogens (tertiary/aromatic N) is 3. The van der Waals surface area contributed by atoms with Gasteiger partial charge in [-0.3, -0.25) is 4.79 Å². The number of aromatic hydroxyl groups is 1. The Labute approximate surface area is 148 Å². The number of aromatic nitrogens is 2. The Morgan fingerprint density at radius 1 is 1.32 bits per heavy atom. The lowest BCUT2D eigenvalue weighted by Gasteiger charge is -2.32. The summed E-state index contributed by atoms with van der Waals surface area (Å²) in [4.78, 5) is 14.5. The molecule has 2 aromatic rings. The maximum absolute atomic E-state index is 12.7. The van der Waals surface area contributed by atoms with Gasteiger partial charge in [0.05, 0.1) is 11.9 Å². The van der Waals surface area contributed by atoms with Crippen molar-refractivity contribution in [1.29, 1.82) is 0 Å². The quantitative estimate of drug-likeness (QED) is 0.896. The highest BCUT2D eigenvalue weighted by Crippen LogP contribution is 2.23. The van der Waals surface area contributed by atoms with Crippen LogP contribution in [0.5, 0.6) is 5.75 Å². The van der Waals surface area contributed by atoms with Crippen LogP contribution in [0.15, 0.2) is 30.5 Å². The van der Waals surface area contributed by atoms with E-state index in [0.29, 0.717) is 25.0 Å². The Bertz CT molecular complexity index is 736. The average molecular weight is 342 g/mol. The Morgan fingerprint density at radius 3 is 2.68 bits per heavy atom. The van der Waals surface area contributed by atoms with Crippen LogP contribution in [0.1, 0.15) is 48.7 Å². The number of benzene rings is 1. The van der Waals surface area contributed by atoms with Gasteiger partial charge < -0.3 is 15.3 Å². The van der Waals surface area contributed by atoms with E-state index in [9.17, 15) is 9.90 Å². The minimum atomic E-state index is -0.213. The van der Waals surface area contributed by atoms with Crippen LogP contribution in [0.3, 0.4) is 0 Å². The van der Waals surface area contributed by atoms with Gasteiger partial charge in [-0.1, -0.05) is 26.0 Å². The molecule has 3 rings (SSSR count). The lowest BCUT2D eigenvalue weighted by Crippen LogP contribution is -2.47. The first-order valence-electron chi connectivity index (χ1n) is 8.85. The smallest absolute Gasteiger partial charge is 0.278 e. The Morgan fingerprint density at radius 2 is 2.04 bits per heavy atom. The first-order chi connectivity index (χ1) is 12.0. The SMILES string of the molecule is CNC1CCCN(C(=O)c2nn(-c3ccc(C(C)C)cc3)cc2O)C1. The van der Waals surface area contributed by atoms with Gasteiger partial charge in [-0.05, 0) is 43.5 Å². The van der Waals surface area contributed by atoms with E-state index < -0.39 is 0 Å². The Hall–Kier alpha value is -2.34. The van der Waals surface area contributed by atoms with Crippen molar-refractivity contribution in [3.05, 3.63) is 41.7 Å². The van der Waals surface area contributed by atoms with E-state index in [-0.39, 0.29) is 17.4 Å². The summed E-state index contributed by atoms with van der Waals surface area (Å²) in [7, 11) is 1.91. The lowest BCUT2D eigenvalue weighted by atomic mass is 10.0. The third-order valence-electron chi connectivity index (χ3n) is 4.84. The van der Waals surface area contributed by atoms with Gasteiger partial charge in [0.1, 0.15) is 0 Å². The highest BCUT2D eigenvalue weighted by atomic mass is 16.3. The summed E-state index contributed by atoms with van der Waals surface area (Å²) in [5, 5.41) is 17.8. The molecule has 1 aliphatic heterocycles. The fraction of sp³-hybridized carbons (Fsp3) is 0.474. The average Bonchev–Trinajstić information content (AvgIpc) is 3.03. The lowest BCUT2D eigenvalue weighted by molar-refractivity contribution is 0.0688. The molecule has 1 aliphatic rings. The number of amides is 1. The topological polar surface area (TPSA) is 70.4 Å². The Kier molecular flexibility index (Phi) is 5.08. The first kappa shape index (κ1) is 17.5. The van der Waals surface area contributed by atoms with Crippen LogP contribution in [0.2, 0.25) is 0 Å². The van der Waals surface area contributed by atoms with Crippen LogP contribution in [-0.2, 0) is 0 Å². The van der Waals surface area contributed by atoms with E-state index in [1.54, 1.807) is 9.58 Å². The molecule has 6 nitrogen and oxygen atoms in total. The Balaban J connectivity index is 1.81. The van der Waals surface area contributed by atoms with Crippen molar-refractivity contribution in [2.45, 2.75) is 38.6 Å². The van der Waals surface area contributed by atoms with Gasteiger partial charge in [0.25, 0.3) is 5.91 Å². The molecule has 2 N–H and O–H groups in total. The monoisotopic (exact) mass is 342 g/mol. The van der Waals surface area contributed by atoms with E-state index in [1.165, 1.54) is 11.8 Å². The van der Waals surface area contributed by atoms with E-state index >= 15 is 0 Å². The second-order valence-electron chi connectivity index (χ2n) is 6.93. The normalized spacial score (nSPS) is 17.9. The van der Waals surface area contributed by atoms with Crippen LogP contribution in [0.4, 0.5) is 0 Å². The molecule has 0 bridgehead atoms. The van der Waals surface area contributed by atoms with Crippen molar-refractivity contribution in [1.82, 2.24) is 20.0 Å². The van der Waals surface area contributed by atoms with E-state index in [1.807, 2.05) is 31.3 Å². The third-order valence-corrected chi connectivity index (χ3v) is 4.84. The molecule has 1 fully saturated rings. The first-order valence-corrected chi connectivity index (χ1v) is 8.85. The number of hydrogen-bond donors (Lipinski definition) is 2. The summed E-state index contributed by atoms with van der Waals surface area (Å²) in [6, 6.07) is 8.29. The number of rotatable bonds is 4. The number of nitrogens with one attached hydrogen (secondary N) is 1. The maximum atomic E-state index is 12.7. The van der Waals surface area contributed by atoms with E-state index in [2.05, 4.69) is 24.3 Å². The second kappa shape index (κ2) is 7.27. The molecular weight excluding hydrogens is 316 g/mol. The van der Waals surface area contributed by atoms with Crippen molar-refractivity contribution in [2.75, 3.05) is 20.1 Å². The molecule has 1 aromatic carbocycles. The van der Waals surface area contributed by atoms with Gasteiger partial charge in [0.15, 0.2) is 11.4 Å². The standard InChI is InChI=1S/C19H26N4O2/c1-13(2)14-6-8-16(9-7-14)23-12-17(24)18(21-23)19(25)22-10-4-5-15(11-22)20-3/h6-9,12-13,15,20,24H,4-5,10-11H2,1-3H3. The van der Waals surface area contributed by atoms with Crippen LogP contribution in [0.25, 0.3) is 5.69 Å². The van der Waals surface area contributed by atoms with Crippen LogP contribution in [0, 0.1) is 0 Å². The number of hydrogen-bond acceptors (Lipinski definition) is 4. The number of carbonyl (C=O) groups is 1. The predicted octanol–water partition coefficient (Wildman–Crippen LogP) is 2.53. The maximum Gasteiger partial charge on any atom is 0.278 e. The van der Waals surface area contributed by atoms with E-state index in [4.69, 9.17) is 0 Å². The molecule has 1 amide bonds. The molecule has 0 radical (unpaired) electrons. The van der Waals surface area contributed by atoms with Gasteiger partial charge in [-0.2, -0.15) is 5.10 Å². The summed E-state index contributed by atoms with van der Waals surface area (Å²) in [5.41, 5.74) is 2.18. The van der Waals surface area contributed by atoms with Crippen molar-refractivity contribution in [2.24, 2.45) is 0 Å². The molecule has 1 atom stereocenters. The largest absolute Gasteiger partial charge is 0.504 e. The molecule has 0 spiro atoms. The molecule has 134 valence electrons.